The molecule has 1 amide bonds. The van der Waals surface area contributed by atoms with Crippen molar-refractivity contribution in [2.24, 2.45) is 5.10 Å². The summed E-state index contributed by atoms with van der Waals surface area (Å²) in [6.45, 7) is 6.63. The van der Waals surface area contributed by atoms with E-state index in [0.29, 0.717) is 37.7 Å². The summed E-state index contributed by atoms with van der Waals surface area (Å²) < 4.78 is 32.8. The Labute approximate surface area is 202 Å². The highest BCUT2D eigenvalue weighted by Crippen LogP contribution is 2.18. The quantitative estimate of drug-likeness (QED) is 0.300. The molecule has 1 aliphatic heterocycles. The zero-order valence-corrected chi connectivity index (χ0v) is 20.8. The molecule has 1 saturated heterocycles. The van der Waals surface area contributed by atoms with Crippen LogP contribution < -0.4 is 10.2 Å². The number of nitrogens with zero attached hydrogens (tertiary/aromatic N) is 3. The molecule has 2 aromatic carbocycles. The number of carbonyl (C=O) groups excluding carboxylic acids is 1. The van der Waals surface area contributed by atoms with Crippen LogP contribution in [-0.2, 0) is 14.8 Å². The smallest absolute Gasteiger partial charge is 0.254 e. The molecule has 3 rings (SSSR count). The van der Waals surface area contributed by atoms with Crippen LogP contribution in [0.25, 0.3) is 0 Å². The number of aryl methyl sites for hydroxylation is 1. The van der Waals surface area contributed by atoms with Crippen molar-refractivity contribution in [3.63, 3.8) is 0 Å². The maximum Gasteiger partial charge on any atom is 0.254 e. The van der Waals surface area contributed by atoms with Crippen molar-refractivity contribution in [1.82, 2.24) is 14.6 Å². The first-order valence-electron chi connectivity index (χ1n) is 11.7. The number of rotatable bonds is 11. The number of hydrogen-bond donors (Lipinski definition) is 1. The first-order valence-corrected chi connectivity index (χ1v) is 13.2. The highest BCUT2D eigenvalue weighted by molar-refractivity contribution is 7.89. The van der Waals surface area contributed by atoms with E-state index in [1.165, 1.54) is 4.31 Å². The fraction of sp³-hybridized carbons (Fsp3) is 0.440. The molecule has 1 heterocycles. The topological polar surface area (TPSA) is 91.3 Å². The van der Waals surface area contributed by atoms with Gasteiger partial charge in [-0.3, -0.25) is 9.69 Å². The van der Waals surface area contributed by atoms with Crippen molar-refractivity contribution in [2.45, 2.75) is 38.0 Å². The molecule has 0 bridgehead atoms. The third-order valence-corrected chi connectivity index (χ3v) is 7.57. The van der Waals surface area contributed by atoms with Crippen LogP contribution in [0.1, 0.15) is 37.3 Å². The van der Waals surface area contributed by atoms with Crippen LogP contribution in [0.4, 0.5) is 0 Å². The van der Waals surface area contributed by atoms with E-state index >= 15 is 0 Å². The summed E-state index contributed by atoms with van der Waals surface area (Å²) in [7, 11) is -3.51. The van der Waals surface area contributed by atoms with Gasteiger partial charge in [-0.15, -0.1) is 0 Å². The number of ether oxygens (including phenoxy) is 1. The van der Waals surface area contributed by atoms with E-state index in [9.17, 15) is 13.2 Å². The van der Waals surface area contributed by atoms with Crippen LogP contribution in [0.15, 0.2) is 58.5 Å². The first-order chi connectivity index (χ1) is 16.4. The number of benzene rings is 2. The van der Waals surface area contributed by atoms with Gasteiger partial charge in [0.15, 0.2) is 0 Å². The van der Waals surface area contributed by atoms with E-state index in [-0.39, 0.29) is 12.5 Å². The summed E-state index contributed by atoms with van der Waals surface area (Å²) >= 11 is 0. The largest absolute Gasteiger partial charge is 0.494 e. The van der Waals surface area contributed by atoms with Crippen LogP contribution in [0.2, 0.25) is 0 Å². The van der Waals surface area contributed by atoms with Crippen LogP contribution >= 0.6 is 0 Å². The lowest BCUT2D eigenvalue weighted by Gasteiger charge is -2.33. The molecule has 0 atom stereocenters. The molecular formula is C25H34N4O4S. The second-order valence-corrected chi connectivity index (χ2v) is 10.3. The van der Waals surface area contributed by atoms with Crippen molar-refractivity contribution in [1.29, 1.82) is 0 Å². The van der Waals surface area contributed by atoms with Crippen LogP contribution in [-0.4, -0.2) is 69.1 Å². The molecule has 0 aromatic heterocycles. The molecule has 34 heavy (non-hydrogen) atoms. The Morgan fingerprint density at radius 3 is 2.35 bits per heavy atom. The number of piperazine rings is 1. The van der Waals surface area contributed by atoms with Crippen LogP contribution in [0, 0.1) is 6.92 Å². The van der Waals surface area contributed by atoms with Gasteiger partial charge in [0.05, 0.1) is 24.3 Å². The maximum atomic E-state index is 12.8. The lowest BCUT2D eigenvalue weighted by molar-refractivity contribution is -0.122. The normalized spacial score (nSPS) is 15.5. The molecule has 1 N–H and O–H groups in total. The van der Waals surface area contributed by atoms with E-state index < -0.39 is 10.0 Å². The number of hydrazone groups is 1. The average molecular weight is 487 g/mol. The van der Waals surface area contributed by atoms with Gasteiger partial charge in [-0.25, -0.2) is 13.8 Å². The number of carbonyl (C=O) groups is 1. The highest BCUT2D eigenvalue weighted by Gasteiger charge is 2.28. The minimum absolute atomic E-state index is 0.167. The molecule has 0 aliphatic carbocycles. The third kappa shape index (κ3) is 7.65. The number of sulfonamides is 1. The number of nitrogens with one attached hydrogen (secondary N) is 1. The van der Waals surface area contributed by atoms with Crippen molar-refractivity contribution >= 4 is 22.1 Å². The molecule has 2 aromatic rings. The average Bonchev–Trinajstić information content (AvgIpc) is 2.83. The van der Waals surface area contributed by atoms with Gasteiger partial charge in [0.25, 0.3) is 5.91 Å². The van der Waals surface area contributed by atoms with E-state index in [2.05, 4.69) is 17.5 Å². The van der Waals surface area contributed by atoms with E-state index in [1.807, 2.05) is 36.1 Å². The van der Waals surface area contributed by atoms with Crippen molar-refractivity contribution in [2.75, 3.05) is 39.3 Å². The molecule has 1 fully saturated rings. The summed E-state index contributed by atoms with van der Waals surface area (Å²) in [5, 5.41) is 4.03. The van der Waals surface area contributed by atoms with Gasteiger partial charge in [0.1, 0.15) is 5.75 Å². The molecule has 1 aliphatic rings. The summed E-state index contributed by atoms with van der Waals surface area (Å²) in [5.41, 5.74) is 4.41. The predicted octanol–water partition coefficient (Wildman–Crippen LogP) is 3.02. The fourth-order valence-electron chi connectivity index (χ4n) is 3.60. The summed E-state index contributed by atoms with van der Waals surface area (Å²) in [4.78, 5) is 14.5. The number of hydrogen-bond acceptors (Lipinski definition) is 6. The van der Waals surface area contributed by atoms with Gasteiger partial charge in [-0.1, -0.05) is 37.5 Å². The molecule has 0 unspecified atom stereocenters. The molecule has 184 valence electrons. The lowest BCUT2D eigenvalue weighted by Crippen LogP contribution is -2.50. The molecule has 8 nitrogen and oxygen atoms in total. The van der Waals surface area contributed by atoms with Gasteiger partial charge >= 0.3 is 0 Å². The lowest BCUT2D eigenvalue weighted by atomic mass is 10.2. The SMILES string of the molecule is CCCCCOc1ccc(C=NNC(=O)CN2CCN(S(=O)(=O)c3ccc(C)cc3)CC2)cc1. The van der Waals surface area contributed by atoms with Gasteiger partial charge < -0.3 is 4.74 Å². The van der Waals surface area contributed by atoms with Crippen molar-refractivity contribution in [3.8, 4) is 5.75 Å². The molecule has 0 saturated carbocycles. The third-order valence-electron chi connectivity index (χ3n) is 5.66. The van der Waals surface area contributed by atoms with Crippen LogP contribution in [0.3, 0.4) is 0 Å². The second-order valence-electron chi connectivity index (χ2n) is 8.41. The number of unbranched alkanes of at least 4 members (excludes halogenated alkanes) is 2. The zero-order valence-electron chi connectivity index (χ0n) is 19.9. The Bertz CT molecular complexity index is 1050. The van der Waals surface area contributed by atoms with E-state index in [1.54, 1.807) is 30.5 Å². The fourth-order valence-corrected chi connectivity index (χ4v) is 5.02. The summed E-state index contributed by atoms with van der Waals surface area (Å²) in [5.74, 6) is 0.586. The summed E-state index contributed by atoms with van der Waals surface area (Å²) in [6.07, 6.45) is 4.96. The van der Waals surface area contributed by atoms with Crippen LogP contribution in [0.5, 0.6) is 5.75 Å². The second kappa shape index (κ2) is 12.6. The van der Waals surface area contributed by atoms with Gasteiger partial charge in [0.2, 0.25) is 10.0 Å². The highest BCUT2D eigenvalue weighted by atomic mass is 32.2. The van der Waals surface area contributed by atoms with E-state index in [0.717, 1.165) is 36.1 Å². The molecule has 0 radical (unpaired) electrons. The standard InChI is InChI=1S/C25H34N4O4S/c1-3-4-5-18-33-23-10-8-22(9-11-23)19-26-27-25(30)20-28-14-16-29(17-15-28)34(31,32)24-12-6-21(2)7-13-24/h6-13,19H,3-5,14-18,20H2,1-2H3,(H,27,30). The summed E-state index contributed by atoms with van der Waals surface area (Å²) in [6, 6.07) is 14.4. The Hall–Kier alpha value is -2.75. The van der Waals surface area contributed by atoms with Gasteiger partial charge in [-0.2, -0.15) is 9.41 Å². The van der Waals surface area contributed by atoms with E-state index in [4.69, 9.17) is 4.74 Å². The minimum atomic E-state index is -3.51. The molecule has 9 heteroatoms. The first kappa shape index (κ1) is 25.9. The number of amides is 1. The van der Waals surface area contributed by atoms with Gasteiger partial charge in [-0.05, 0) is 55.3 Å². The van der Waals surface area contributed by atoms with Gasteiger partial charge in [0, 0.05) is 26.2 Å². The monoisotopic (exact) mass is 486 g/mol. The predicted molar refractivity (Wildman–Crippen MR) is 134 cm³/mol. The Balaban J connectivity index is 1.39. The minimum Gasteiger partial charge on any atom is -0.494 e. The Morgan fingerprint density at radius 2 is 1.71 bits per heavy atom. The Kier molecular flexibility index (Phi) is 9.62. The molecule has 0 spiro atoms. The maximum absolute atomic E-state index is 12.8. The Morgan fingerprint density at radius 1 is 1.03 bits per heavy atom. The molecular weight excluding hydrogens is 452 g/mol. The van der Waals surface area contributed by atoms with Crippen molar-refractivity contribution in [3.05, 3.63) is 59.7 Å². The van der Waals surface area contributed by atoms with Crippen molar-refractivity contribution < 1.29 is 17.9 Å². The zero-order chi connectivity index (χ0) is 24.4.